The van der Waals surface area contributed by atoms with Crippen molar-refractivity contribution in [3.8, 4) is 0 Å². The molecule has 0 rings (SSSR count). The van der Waals surface area contributed by atoms with Crippen LogP contribution in [0.1, 0.15) is 32.6 Å². The number of hydrogen-bond acceptors (Lipinski definition) is 5. The molecule has 20 heavy (non-hydrogen) atoms. The molecule has 0 radical (unpaired) electrons. The lowest BCUT2D eigenvalue weighted by Crippen LogP contribution is -2.00. The minimum absolute atomic E-state index is 0.296. The molecule has 0 amide bonds. The summed E-state index contributed by atoms with van der Waals surface area (Å²) in [6.07, 6.45) is -1.19. The van der Waals surface area contributed by atoms with Crippen molar-refractivity contribution >= 4 is 29.8 Å². The first-order valence-electron chi connectivity index (χ1n) is 5.05. The van der Waals surface area contributed by atoms with Crippen molar-refractivity contribution in [2.24, 2.45) is 0 Å². The van der Waals surface area contributed by atoms with Gasteiger partial charge >= 0.3 is 23.9 Å². The molecule has 116 valence electrons. The second-order valence-electron chi connectivity index (χ2n) is 3.09. The molecule has 0 aliphatic rings. The van der Waals surface area contributed by atoms with E-state index in [1.165, 1.54) is 0 Å². The third kappa shape index (κ3) is 58.5. The quantitative estimate of drug-likeness (QED) is 0.445. The third-order valence-electron chi connectivity index (χ3n) is 1.11. The van der Waals surface area contributed by atoms with Gasteiger partial charge in [-0.25, -0.2) is 0 Å². The molecule has 0 fully saturated rings. The van der Waals surface area contributed by atoms with Crippen molar-refractivity contribution in [2.75, 3.05) is 0 Å². The first-order valence-corrected chi connectivity index (χ1v) is 5.05. The monoisotopic (exact) mass is 296 g/mol. The van der Waals surface area contributed by atoms with E-state index in [9.17, 15) is 19.2 Å². The lowest BCUT2D eigenvalue weighted by molar-refractivity contribution is -0.143. The largest absolute Gasteiger partial charge is 0.481 e. The van der Waals surface area contributed by atoms with E-state index in [2.05, 4.69) is 0 Å². The molecule has 0 aromatic rings. The van der Waals surface area contributed by atoms with Crippen molar-refractivity contribution in [2.45, 2.75) is 32.6 Å². The Morgan fingerprint density at radius 2 is 0.650 bits per heavy atom. The van der Waals surface area contributed by atoms with Crippen LogP contribution in [-0.2, 0) is 24.0 Å². The topological polar surface area (TPSA) is 186 Å². The van der Waals surface area contributed by atoms with Gasteiger partial charge in [0, 0.05) is 6.92 Å². The smallest absolute Gasteiger partial charge is 0.303 e. The summed E-state index contributed by atoms with van der Waals surface area (Å²) in [5.41, 5.74) is 0. The number of aliphatic carboxylic acids is 5. The molecule has 0 unspecified atom stereocenters. The van der Waals surface area contributed by atoms with Gasteiger partial charge in [-0.05, 0) is 0 Å². The SMILES string of the molecule is CC(=O)O.O=C(O)CCC(=O)O.O=C(O)CCC(=O)O. The number of rotatable bonds is 6. The normalized spacial score (nSPS) is 8.05. The minimum atomic E-state index is -1.08. The third-order valence-corrected chi connectivity index (χ3v) is 1.11. The highest BCUT2D eigenvalue weighted by molar-refractivity contribution is 5.75. The molecule has 10 heteroatoms. The zero-order valence-corrected chi connectivity index (χ0v) is 10.6. The van der Waals surface area contributed by atoms with Crippen molar-refractivity contribution in [1.82, 2.24) is 0 Å². The van der Waals surface area contributed by atoms with E-state index >= 15 is 0 Å². The van der Waals surface area contributed by atoms with E-state index in [0.717, 1.165) is 6.92 Å². The molecule has 0 heterocycles. The molecule has 0 aromatic carbocycles. The maximum atomic E-state index is 9.64. The first-order chi connectivity index (χ1) is 8.98. The minimum Gasteiger partial charge on any atom is -0.481 e. The molecule has 0 saturated heterocycles. The zero-order valence-electron chi connectivity index (χ0n) is 10.6. The maximum absolute atomic E-state index is 9.64. The fraction of sp³-hybridized carbons (Fsp3) is 0.500. The summed E-state index contributed by atoms with van der Waals surface area (Å²) in [6.45, 7) is 1.08. The Morgan fingerprint density at radius 3 is 0.700 bits per heavy atom. The van der Waals surface area contributed by atoms with Crippen LogP contribution in [0, 0.1) is 0 Å². The van der Waals surface area contributed by atoms with Crippen molar-refractivity contribution < 1.29 is 49.5 Å². The standard InChI is InChI=1S/2C4H6O4.C2H4O2/c2*5-3(6)1-2-4(7)8;1-2(3)4/h2*1-2H2,(H,5,6)(H,7,8);1H3,(H,3,4). The van der Waals surface area contributed by atoms with Crippen molar-refractivity contribution in [1.29, 1.82) is 0 Å². The number of carboxylic acids is 5. The summed E-state index contributed by atoms with van der Waals surface area (Å²) < 4.78 is 0. The van der Waals surface area contributed by atoms with Crippen LogP contribution >= 0.6 is 0 Å². The average molecular weight is 296 g/mol. The highest BCUT2D eigenvalue weighted by atomic mass is 16.4. The van der Waals surface area contributed by atoms with Crippen LogP contribution in [0.15, 0.2) is 0 Å². The summed E-state index contributed by atoms with van der Waals surface area (Å²) in [4.78, 5) is 47.6. The van der Waals surface area contributed by atoms with Gasteiger partial charge in [-0.2, -0.15) is 0 Å². The van der Waals surface area contributed by atoms with Gasteiger partial charge in [0.1, 0.15) is 0 Å². The van der Waals surface area contributed by atoms with Crippen LogP contribution in [0.5, 0.6) is 0 Å². The van der Waals surface area contributed by atoms with Gasteiger partial charge in [0.05, 0.1) is 25.7 Å². The molecule has 5 N–H and O–H groups in total. The van der Waals surface area contributed by atoms with Crippen molar-refractivity contribution in [3.05, 3.63) is 0 Å². The van der Waals surface area contributed by atoms with Crippen LogP contribution in [0.2, 0.25) is 0 Å². The van der Waals surface area contributed by atoms with Gasteiger partial charge in [-0.15, -0.1) is 0 Å². The summed E-state index contributed by atoms with van der Waals surface area (Å²) in [6, 6.07) is 0. The molecule has 0 aromatic heterocycles. The molecular weight excluding hydrogens is 280 g/mol. The Hall–Kier alpha value is -2.65. The average Bonchev–Trinajstić information content (AvgIpc) is 2.23. The summed E-state index contributed by atoms with van der Waals surface area (Å²) in [5, 5.41) is 39.0. The Morgan fingerprint density at radius 1 is 0.550 bits per heavy atom. The Balaban J connectivity index is -0.000000230. The molecule has 0 spiro atoms. The number of hydrogen-bond donors (Lipinski definition) is 5. The van der Waals surface area contributed by atoms with Gasteiger partial charge in [0.25, 0.3) is 5.97 Å². The maximum Gasteiger partial charge on any atom is 0.303 e. The number of carbonyl (C=O) groups is 5. The Bertz CT molecular complexity index is 286. The van der Waals surface area contributed by atoms with E-state index < -0.39 is 29.8 Å². The Labute approximate surface area is 113 Å². The van der Waals surface area contributed by atoms with E-state index in [1.807, 2.05) is 0 Å². The second-order valence-corrected chi connectivity index (χ2v) is 3.09. The van der Waals surface area contributed by atoms with Crippen molar-refractivity contribution in [3.63, 3.8) is 0 Å². The molecular formula is C10H16O10. The van der Waals surface area contributed by atoms with Crippen LogP contribution in [0.25, 0.3) is 0 Å². The molecule has 0 aliphatic heterocycles. The lowest BCUT2D eigenvalue weighted by atomic mass is 10.3. The van der Waals surface area contributed by atoms with Crippen LogP contribution < -0.4 is 0 Å². The summed E-state index contributed by atoms with van der Waals surface area (Å²) >= 11 is 0. The molecule has 0 bridgehead atoms. The van der Waals surface area contributed by atoms with E-state index in [4.69, 9.17) is 30.3 Å². The second kappa shape index (κ2) is 14.4. The van der Waals surface area contributed by atoms with Gasteiger partial charge < -0.3 is 25.5 Å². The molecule has 0 saturated carbocycles. The highest BCUT2D eigenvalue weighted by Gasteiger charge is 2.00. The Kier molecular flexibility index (Phi) is 16.2. The van der Waals surface area contributed by atoms with E-state index in [1.54, 1.807) is 0 Å². The predicted octanol–water partition coefficient (Wildman–Crippen LogP) is -0.0375. The molecule has 10 nitrogen and oxygen atoms in total. The van der Waals surface area contributed by atoms with Gasteiger partial charge in [0.2, 0.25) is 0 Å². The van der Waals surface area contributed by atoms with Gasteiger partial charge in [0.15, 0.2) is 0 Å². The highest BCUT2D eigenvalue weighted by Crippen LogP contribution is 1.86. The van der Waals surface area contributed by atoms with E-state index in [-0.39, 0.29) is 25.7 Å². The summed E-state index contributed by atoms with van der Waals surface area (Å²) in [7, 11) is 0. The van der Waals surface area contributed by atoms with Crippen LogP contribution in [0.3, 0.4) is 0 Å². The fourth-order valence-electron chi connectivity index (χ4n) is 0.428. The lowest BCUT2D eigenvalue weighted by Gasteiger charge is -1.85. The van der Waals surface area contributed by atoms with Gasteiger partial charge in [-0.1, -0.05) is 0 Å². The van der Waals surface area contributed by atoms with Crippen LogP contribution in [-0.4, -0.2) is 55.4 Å². The summed E-state index contributed by atoms with van der Waals surface area (Å²) in [5.74, 6) is -5.14. The molecule has 0 aliphatic carbocycles. The van der Waals surface area contributed by atoms with Crippen LogP contribution in [0.4, 0.5) is 0 Å². The first kappa shape index (κ1) is 22.5. The zero-order chi connectivity index (χ0) is 16.7. The van der Waals surface area contributed by atoms with Gasteiger partial charge in [-0.3, -0.25) is 24.0 Å². The molecule has 0 atom stereocenters. The predicted molar refractivity (Wildman–Crippen MR) is 62.3 cm³/mol. The van der Waals surface area contributed by atoms with E-state index in [0.29, 0.717) is 0 Å². The fourth-order valence-corrected chi connectivity index (χ4v) is 0.428. The number of carboxylic acid groups (broad SMARTS) is 5.